The number of phenolic OH excluding ortho intramolecular Hbond substituents is 1. The number of aromatic hydroxyl groups is 1. The van der Waals surface area contributed by atoms with Crippen molar-refractivity contribution in [2.75, 3.05) is 17.7 Å². The molecule has 172 valence electrons. The molecule has 0 aromatic heterocycles. The molecule has 1 aliphatic rings. The molecule has 0 saturated heterocycles. The molecule has 1 aliphatic carbocycles. The lowest BCUT2D eigenvalue weighted by atomic mass is 9.91. The van der Waals surface area contributed by atoms with E-state index in [1.165, 1.54) is 19.2 Å². The Morgan fingerprint density at radius 1 is 1.00 bits per heavy atom. The van der Waals surface area contributed by atoms with Gasteiger partial charge >= 0.3 is 0 Å². The third-order valence-electron chi connectivity index (χ3n) is 6.02. The predicted molar refractivity (Wildman–Crippen MR) is 127 cm³/mol. The topological polar surface area (TPSA) is 117 Å². The van der Waals surface area contributed by atoms with Gasteiger partial charge in [0.25, 0.3) is 16.8 Å². The molecule has 2 atom stereocenters. The fraction of sp³-hybridized carbons (Fsp3) is 0.320. The standard InChI is InChI=1S/C25H27N3O5/c1-26-25(32)16-10-7-12-18(22(16)29)28-21-20(23(30)24(21)31)27-17-11-5-6-13-19(17)33-14-15-8-3-2-4-9-15/h2-4,7-10,12,17,19,27-29H,5-6,11,13-14H2,1H3,(H,26,32)/t17-,19-/m1/s1. The summed E-state index contributed by atoms with van der Waals surface area (Å²) in [5.74, 6) is -0.752. The first kappa shape index (κ1) is 22.5. The molecule has 0 aliphatic heterocycles. The number of carbonyl (C=O) groups excluding carboxylic acids is 1. The number of amides is 1. The number of ether oxygens (including phenoxy) is 1. The van der Waals surface area contributed by atoms with Gasteiger partial charge in [-0.05, 0) is 30.5 Å². The van der Waals surface area contributed by atoms with Crippen LogP contribution >= 0.6 is 0 Å². The van der Waals surface area contributed by atoms with Crippen LogP contribution in [-0.2, 0) is 11.3 Å². The Kier molecular flexibility index (Phi) is 6.74. The minimum absolute atomic E-state index is 0.0670. The van der Waals surface area contributed by atoms with E-state index in [2.05, 4.69) is 16.0 Å². The van der Waals surface area contributed by atoms with Crippen molar-refractivity contribution in [3.8, 4) is 5.75 Å². The summed E-state index contributed by atoms with van der Waals surface area (Å²) in [5.41, 5.74) is 0.308. The SMILES string of the molecule is CNC(=O)c1cccc(Nc2c(N[C@@H]3CCCC[C@H]3OCc3ccccc3)c(=O)c2=O)c1O. The maximum Gasteiger partial charge on any atom is 0.254 e. The maximum absolute atomic E-state index is 12.4. The molecule has 1 amide bonds. The third-order valence-corrected chi connectivity index (χ3v) is 6.02. The fourth-order valence-corrected chi connectivity index (χ4v) is 4.17. The lowest BCUT2D eigenvalue weighted by Gasteiger charge is -2.33. The van der Waals surface area contributed by atoms with Crippen molar-refractivity contribution in [3.63, 3.8) is 0 Å². The summed E-state index contributed by atoms with van der Waals surface area (Å²) in [6.45, 7) is 0.473. The molecule has 3 aromatic carbocycles. The summed E-state index contributed by atoms with van der Waals surface area (Å²) in [6, 6.07) is 14.4. The van der Waals surface area contributed by atoms with E-state index in [-0.39, 0.29) is 40.5 Å². The molecule has 33 heavy (non-hydrogen) atoms. The van der Waals surface area contributed by atoms with Crippen molar-refractivity contribution >= 4 is 23.0 Å². The number of hydrogen-bond acceptors (Lipinski definition) is 7. The van der Waals surface area contributed by atoms with Gasteiger partial charge in [-0.15, -0.1) is 0 Å². The second-order valence-corrected chi connectivity index (χ2v) is 8.18. The highest BCUT2D eigenvalue weighted by Gasteiger charge is 2.30. The van der Waals surface area contributed by atoms with Crippen LogP contribution in [0.5, 0.6) is 5.75 Å². The molecule has 0 bridgehead atoms. The second-order valence-electron chi connectivity index (χ2n) is 8.18. The summed E-state index contributed by atoms with van der Waals surface area (Å²) >= 11 is 0. The van der Waals surface area contributed by atoms with Gasteiger partial charge in [0, 0.05) is 7.05 Å². The molecule has 1 fully saturated rings. The van der Waals surface area contributed by atoms with E-state index in [0.29, 0.717) is 6.61 Å². The number of nitrogens with one attached hydrogen (secondary N) is 3. The Balaban J connectivity index is 1.50. The molecule has 3 aromatic rings. The molecule has 8 nitrogen and oxygen atoms in total. The van der Waals surface area contributed by atoms with Gasteiger partial charge in [-0.2, -0.15) is 0 Å². The van der Waals surface area contributed by atoms with Gasteiger partial charge in [0.1, 0.15) is 11.4 Å². The van der Waals surface area contributed by atoms with Crippen LogP contribution in [0.25, 0.3) is 0 Å². The number of phenols is 1. The van der Waals surface area contributed by atoms with Crippen LogP contribution < -0.4 is 26.8 Å². The van der Waals surface area contributed by atoms with Crippen molar-refractivity contribution < 1.29 is 14.6 Å². The van der Waals surface area contributed by atoms with E-state index in [4.69, 9.17) is 4.74 Å². The number of carbonyl (C=O) groups is 1. The first-order chi connectivity index (χ1) is 16.0. The summed E-state index contributed by atoms with van der Waals surface area (Å²) in [5, 5.41) is 19.0. The van der Waals surface area contributed by atoms with Crippen LogP contribution in [0, 0.1) is 0 Å². The van der Waals surface area contributed by atoms with Crippen LogP contribution in [0.15, 0.2) is 58.1 Å². The first-order valence-electron chi connectivity index (χ1n) is 11.1. The lowest BCUT2D eigenvalue weighted by molar-refractivity contribution is 0.00881. The predicted octanol–water partition coefficient (Wildman–Crippen LogP) is 3.03. The quantitative estimate of drug-likeness (QED) is 0.308. The summed E-state index contributed by atoms with van der Waals surface area (Å²) in [4.78, 5) is 36.6. The maximum atomic E-state index is 12.4. The Morgan fingerprint density at radius 2 is 1.73 bits per heavy atom. The monoisotopic (exact) mass is 449 g/mol. The largest absolute Gasteiger partial charge is 0.505 e. The second kappa shape index (κ2) is 9.87. The molecule has 8 heteroatoms. The average Bonchev–Trinajstić information content (AvgIpc) is 2.86. The smallest absolute Gasteiger partial charge is 0.254 e. The highest BCUT2D eigenvalue weighted by molar-refractivity contribution is 5.99. The number of para-hydroxylation sites is 1. The highest BCUT2D eigenvalue weighted by Crippen LogP contribution is 2.33. The van der Waals surface area contributed by atoms with Crippen molar-refractivity contribution in [2.45, 2.75) is 44.4 Å². The molecule has 4 rings (SSSR count). The number of anilines is 3. The van der Waals surface area contributed by atoms with Crippen LogP contribution in [0.1, 0.15) is 41.6 Å². The zero-order valence-corrected chi connectivity index (χ0v) is 18.4. The van der Waals surface area contributed by atoms with Crippen molar-refractivity contribution in [2.24, 2.45) is 0 Å². The molecule has 0 heterocycles. The van der Waals surface area contributed by atoms with E-state index in [0.717, 1.165) is 31.2 Å². The van der Waals surface area contributed by atoms with Gasteiger partial charge in [0.2, 0.25) is 0 Å². The van der Waals surface area contributed by atoms with Gasteiger partial charge in [-0.3, -0.25) is 14.4 Å². The first-order valence-corrected chi connectivity index (χ1v) is 11.1. The van der Waals surface area contributed by atoms with Crippen molar-refractivity contribution in [3.05, 3.63) is 80.1 Å². The Morgan fingerprint density at radius 3 is 2.48 bits per heavy atom. The Bertz CT molecular complexity index is 1200. The van der Waals surface area contributed by atoms with E-state index in [1.54, 1.807) is 6.07 Å². The van der Waals surface area contributed by atoms with Gasteiger partial charge in [-0.1, -0.05) is 49.2 Å². The number of hydrogen-bond donors (Lipinski definition) is 4. The molecular formula is C25H27N3O5. The van der Waals surface area contributed by atoms with Gasteiger partial charge in [0.05, 0.1) is 30.0 Å². The number of benzene rings is 2. The summed E-state index contributed by atoms with van der Waals surface area (Å²) < 4.78 is 6.15. The molecule has 4 N–H and O–H groups in total. The summed E-state index contributed by atoms with van der Waals surface area (Å²) in [7, 11) is 1.46. The Hall–Kier alpha value is -3.65. The fourth-order valence-electron chi connectivity index (χ4n) is 4.17. The average molecular weight is 450 g/mol. The van der Waals surface area contributed by atoms with Gasteiger partial charge < -0.3 is 25.8 Å². The molecule has 0 unspecified atom stereocenters. The summed E-state index contributed by atoms with van der Waals surface area (Å²) in [6.07, 6.45) is 3.61. The third kappa shape index (κ3) is 4.75. The minimum Gasteiger partial charge on any atom is -0.505 e. The van der Waals surface area contributed by atoms with Crippen LogP contribution in [0.3, 0.4) is 0 Å². The normalized spacial score (nSPS) is 18.1. The zero-order valence-electron chi connectivity index (χ0n) is 18.4. The Labute approximate surface area is 191 Å². The van der Waals surface area contributed by atoms with Crippen molar-refractivity contribution in [1.82, 2.24) is 5.32 Å². The molecule has 1 saturated carbocycles. The van der Waals surface area contributed by atoms with Crippen LogP contribution in [0.2, 0.25) is 0 Å². The van der Waals surface area contributed by atoms with Crippen LogP contribution in [0.4, 0.5) is 17.1 Å². The van der Waals surface area contributed by atoms with E-state index >= 15 is 0 Å². The van der Waals surface area contributed by atoms with E-state index < -0.39 is 16.8 Å². The zero-order chi connectivity index (χ0) is 23.4. The lowest BCUT2D eigenvalue weighted by Crippen LogP contribution is -2.44. The van der Waals surface area contributed by atoms with Gasteiger partial charge in [-0.25, -0.2) is 0 Å². The minimum atomic E-state index is -0.667. The van der Waals surface area contributed by atoms with E-state index in [1.807, 2.05) is 30.3 Å². The molecular weight excluding hydrogens is 422 g/mol. The highest BCUT2D eigenvalue weighted by atomic mass is 16.5. The molecule has 0 radical (unpaired) electrons. The number of rotatable bonds is 8. The van der Waals surface area contributed by atoms with Crippen molar-refractivity contribution in [1.29, 1.82) is 0 Å². The van der Waals surface area contributed by atoms with Gasteiger partial charge in [0.15, 0.2) is 5.75 Å². The van der Waals surface area contributed by atoms with E-state index in [9.17, 15) is 19.5 Å². The molecule has 0 spiro atoms. The van der Waals surface area contributed by atoms with Crippen LogP contribution in [-0.4, -0.2) is 30.2 Å².